The summed E-state index contributed by atoms with van der Waals surface area (Å²) in [6, 6.07) is 9.93. The highest BCUT2D eigenvalue weighted by atomic mass is 16.5. The number of rotatable bonds is 5. The van der Waals surface area contributed by atoms with Crippen molar-refractivity contribution >= 4 is 11.6 Å². The van der Waals surface area contributed by atoms with E-state index < -0.39 is 5.41 Å². The summed E-state index contributed by atoms with van der Waals surface area (Å²) in [4.78, 5) is 14.8. The number of hydrogen-bond donors (Lipinski definition) is 1. The predicted molar refractivity (Wildman–Crippen MR) is 89.7 cm³/mol. The van der Waals surface area contributed by atoms with Gasteiger partial charge in [-0.25, -0.2) is 0 Å². The summed E-state index contributed by atoms with van der Waals surface area (Å²) in [7, 11) is 1.61. The molecule has 2 heterocycles. The van der Waals surface area contributed by atoms with Gasteiger partial charge in [0, 0.05) is 26.2 Å². The van der Waals surface area contributed by atoms with E-state index in [0.29, 0.717) is 31.9 Å². The first kappa shape index (κ1) is 16.7. The number of piperidine rings is 1. The Morgan fingerprint density at radius 1 is 1.50 bits per heavy atom. The van der Waals surface area contributed by atoms with E-state index in [9.17, 15) is 10.1 Å². The highest BCUT2D eigenvalue weighted by Crippen LogP contribution is 2.29. The van der Waals surface area contributed by atoms with E-state index in [4.69, 9.17) is 9.47 Å². The molecule has 128 valence electrons. The van der Waals surface area contributed by atoms with Crippen molar-refractivity contribution in [1.82, 2.24) is 5.32 Å². The van der Waals surface area contributed by atoms with Crippen molar-refractivity contribution in [2.24, 2.45) is 5.41 Å². The molecule has 1 unspecified atom stereocenters. The van der Waals surface area contributed by atoms with Crippen LogP contribution < -0.4 is 10.2 Å². The number of para-hydroxylation sites is 1. The summed E-state index contributed by atoms with van der Waals surface area (Å²) >= 11 is 0. The minimum Gasteiger partial charge on any atom is -0.383 e. The van der Waals surface area contributed by atoms with Crippen LogP contribution in [0.1, 0.15) is 18.4 Å². The Balaban J connectivity index is 1.66. The molecule has 1 aromatic rings. The molecule has 0 spiro atoms. The van der Waals surface area contributed by atoms with E-state index in [-0.39, 0.29) is 11.9 Å². The molecule has 2 fully saturated rings. The van der Waals surface area contributed by atoms with Gasteiger partial charge in [0.15, 0.2) is 0 Å². The second-order valence-corrected chi connectivity index (χ2v) is 6.59. The zero-order valence-corrected chi connectivity index (χ0v) is 14.0. The lowest BCUT2D eigenvalue weighted by Gasteiger charge is -2.41. The lowest BCUT2D eigenvalue weighted by molar-refractivity contribution is -0.173. The van der Waals surface area contributed by atoms with Gasteiger partial charge in [-0.15, -0.1) is 0 Å². The maximum absolute atomic E-state index is 12.6. The molecule has 0 aliphatic carbocycles. The minimum atomic E-state index is -0.540. The highest BCUT2D eigenvalue weighted by Gasteiger charge is 2.46. The third kappa shape index (κ3) is 3.23. The van der Waals surface area contributed by atoms with Crippen LogP contribution in [0.2, 0.25) is 0 Å². The number of carbonyl (C=O) groups excluding carboxylic acids is 1. The van der Waals surface area contributed by atoms with Crippen LogP contribution in [0.4, 0.5) is 5.69 Å². The second-order valence-electron chi connectivity index (χ2n) is 6.59. The number of carbonyl (C=O) groups is 1. The van der Waals surface area contributed by atoms with Crippen molar-refractivity contribution in [3.63, 3.8) is 0 Å². The lowest BCUT2D eigenvalue weighted by Crippen LogP contribution is -2.60. The van der Waals surface area contributed by atoms with Crippen molar-refractivity contribution in [2.75, 3.05) is 44.9 Å². The van der Waals surface area contributed by atoms with E-state index in [2.05, 4.69) is 16.3 Å². The van der Waals surface area contributed by atoms with Gasteiger partial charge in [0.2, 0.25) is 5.91 Å². The van der Waals surface area contributed by atoms with Gasteiger partial charge in [-0.3, -0.25) is 4.79 Å². The average molecular weight is 329 g/mol. The summed E-state index contributed by atoms with van der Waals surface area (Å²) in [6.07, 6.45) is 1.93. The van der Waals surface area contributed by atoms with Crippen LogP contribution in [-0.2, 0) is 14.3 Å². The van der Waals surface area contributed by atoms with Gasteiger partial charge >= 0.3 is 0 Å². The van der Waals surface area contributed by atoms with E-state index >= 15 is 0 Å². The van der Waals surface area contributed by atoms with Crippen molar-refractivity contribution in [2.45, 2.75) is 18.9 Å². The summed E-state index contributed by atoms with van der Waals surface area (Å²) < 4.78 is 10.4. The molecule has 3 rings (SSSR count). The number of nitriles is 1. The first-order chi connectivity index (χ1) is 11.7. The normalized spacial score (nSPS) is 22.3. The first-order valence-electron chi connectivity index (χ1n) is 8.30. The van der Waals surface area contributed by atoms with Crippen LogP contribution in [0.5, 0.6) is 0 Å². The molecule has 0 bridgehead atoms. The highest BCUT2D eigenvalue weighted by molar-refractivity contribution is 5.84. The Morgan fingerprint density at radius 2 is 2.29 bits per heavy atom. The largest absolute Gasteiger partial charge is 0.383 e. The van der Waals surface area contributed by atoms with E-state index in [1.807, 2.05) is 24.3 Å². The number of methoxy groups -OCH3 is 1. The topological polar surface area (TPSA) is 74.6 Å². The summed E-state index contributed by atoms with van der Waals surface area (Å²) in [5.41, 5.74) is 1.08. The number of hydrogen-bond acceptors (Lipinski definition) is 5. The Labute approximate surface area is 142 Å². The van der Waals surface area contributed by atoms with Crippen molar-refractivity contribution in [3.8, 4) is 6.07 Å². The van der Waals surface area contributed by atoms with Gasteiger partial charge in [0.05, 0.1) is 31.1 Å². The van der Waals surface area contributed by atoms with Gasteiger partial charge < -0.3 is 19.7 Å². The standard InChI is InChI=1S/C18H23N3O3/c1-23-11-18(12-24-13-18)17(22)20-15-6-4-8-21(10-15)16-7-3-2-5-14(16)9-19/h2-3,5,7,15H,4,6,8,10-13H2,1H3,(H,20,22). The van der Waals surface area contributed by atoms with Crippen molar-refractivity contribution in [1.29, 1.82) is 5.26 Å². The summed E-state index contributed by atoms with van der Waals surface area (Å²) in [5, 5.41) is 12.5. The zero-order valence-electron chi connectivity index (χ0n) is 14.0. The minimum absolute atomic E-state index is 0.0102. The maximum Gasteiger partial charge on any atom is 0.233 e. The zero-order chi connectivity index (χ0) is 17.0. The molecule has 1 N–H and O–H groups in total. The molecule has 2 aliphatic rings. The van der Waals surface area contributed by atoms with Gasteiger partial charge in [0.1, 0.15) is 11.5 Å². The number of ether oxygens (including phenoxy) is 2. The molecule has 6 heteroatoms. The van der Waals surface area contributed by atoms with Crippen LogP contribution in [0.15, 0.2) is 24.3 Å². The predicted octanol–water partition coefficient (Wildman–Crippen LogP) is 1.31. The van der Waals surface area contributed by atoms with Crippen LogP contribution in [0, 0.1) is 16.7 Å². The van der Waals surface area contributed by atoms with Crippen LogP contribution in [-0.4, -0.2) is 52.0 Å². The second kappa shape index (κ2) is 7.20. The van der Waals surface area contributed by atoms with Crippen molar-refractivity contribution in [3.05, 3.63) is 29.8 Å². The molecule has 0 radical (unpaired) electrons. The quantitative estimate of drug-likeness (QED) is 0.881. The fourth-order valence-corrected chi connectivity index (χ4v) is 3.40. The van der Waals surface area contributed by atoms with Gasteiger partial charge in [-0.05, 0) is 25.0 Å². The average Bonchev–Trinajstić information content (AvgIpc) is 2.58. The number of anilines is 1. The fraction of sp³-hybridized carbons (Fsp3) is 0.556. The number of benzene rings is 1. The van der Waals surface area contributed by atoms with E-state index in [1.54, 1.807) is 7.11 Å². The molecule has 6 nitrogen and oxygen atoms in total. The monoisotopic (exact) mass is 329 g/mol. The van der Waals surface area contributed by atoms with E-state index in [1.165, 1.54) is 0 Å². The smallest absolute Gasteiger partial charge is 0.233 e. The SMILES string of the molecule is COCC1(C(=O)NC2CCCN(c3ccccc3C#N)C2)COC1. The maximum atomic E-state index is 12.6. The Kier molecular flexibility index (Phi) is 5.03. The molecule has 1 amide bonds. The molecule has 1 aromatic carbocycles. The molecule has 0 aromatic heterocycles. The molecule has 0 saturated carbocycles. The number of nitrogens with one attached hydrogen (secondary N) is 1. The Hall–Kier alpha value is -2.10. The summed E-state index contributed by atoms with van der Waals surface area (Å²) in [6.45, 7) is 2.83. The van der Waals surface area contributed by atoms with Crippen molar-refractivity contribution < 1.29 is 14.3 Å². The molecular formula is C18H23N3O3. The third-order valence-corrected chi connectivity index (χ3v) is 4.78. The Bertz CT molecular complexity index is 637. The summed E-state index contributed by atoms with van der Waals surface area (Å²) in [5.74, 6) is 0.0102. The lowest BCUT2D eigenvalue weighted by atomic mass is 9.85. The van der Waals surface area contributed by atoms with Crippen LogP contribution in [0.3, 0.4) is 0 Å². The van der Waals surface area contributed by atoms with Gasteiger partial charge in [0.25, 0.3) is 0 Å². The molecule has 24 heavy (non-hydrogen) atoms. The fourth-order valence-electron chi connectivity index (χ4n) is 3.40. The third-order valence-electron chi connectivity index (χ3n) is 4.78. The number of nitrogens with zero attached hydrogens (tertiary/aromatic N) is 2. The Morgan fingerprint density at radius 3 is 2.96 bits per heavy atom. The molecular weight excluding hydrogens is 306 g/mol. The molecule has 2 aliphatic heterocycles. The van der Waals surface area contributed by atoms with Crippen LogP contribution >= 0.6 is 0 Å². The van der Waals surface area contributed by atoms with E-state index in [0.717, 1.165) is 25.1 Å². The van der Waals surface area contributed by atoms with Gasteiger partial charge in [-0.2, -0.15) is 5.26 Å². The molecule has 1 atom stereocenters. The van der Waals surface area contributed by atoms with Crippen LogP contribution in [0.25, 0.3) is 0 Å². The van der Waals surface area contributed by atoms with Gasteiger partial charge in [-0.1, -0.05) is 12.1 Å². The molecule has 2 saturated heterocycles. The number of amides is 1. The first-order valence-corrected chi connectivity index (χ1v) is 8.30.